The van der Waals surface area contributed by atoms with E-state index < -0.39 is 34.1 Å². The van der Waals surface area contributed by atoms with Crippen molar-refractivity contribution in [2.45, 2.75) is 0 Å². The summed E-state index contributed by atoms with van der Waals surface area (Å²) < 4.78 is 48.7. The van der Waals surface area contributed by atoms with E-state index in [2.05, 4.69) is 5.32 Å². The topological polar surface area (TPSA) is 66.5 Å². The van der Waals surface area contributed by atoms with Gasteiger partial charge in [-0.05, 0) is 12.1 Å². The Bertz CT molecular complexity index is 560. The highest BCUT2D eigenvalue weighted by Gasteiger charge is 2.16. The second-order valence-electron chi connectivity index (χ2n) is 3.69. The highest BCUT2D eigenvalue weighted by Crippen LogP contribution is 2.14. The zero-order chi connectivity index (χ0) is 13.9. The molecular weight excluding hydrogens is 266 g/mol. The SMILES string of the molecule is CN(CC(=O)Nc1ccc(F)cc1F)S(C)(=O)=O. The first-order valence-corrected chi connectivity index (χ1v) is 6.71. The molecule has 0 saturated carbocycles. The summed E-state index contributed by atoms with van der Waals surface area (Å²) in [7, 11) is -2.27. The van der Waals surface area contributed by atoms with Crippen molar-refractivity contribution in [2.24, 2.45) is 0 Å². The zero-order valence-electron chi connectivity index (χ0n) is 9.78. The number of carbonyl (C=O) groups is 1. The van der Waals surface area contributed by atoms with Gasteiger partial charge in [-0.3, -0.25) is 4.79 Å². The number of halogens is 2. The van der Waals surface area contributed by atoms with Crippen molar-refractivity contribution >= 4 is 21.6 Å². The smallest absolute Gasteiger partial charge is 0.239 e. The normalized spacial score (nSPS) is 11.6. The fourth-order valence-corrected chi connectivity index (χ4v) is 1.45. The molecule has 0 aliphatic rings. The number of hydrogen-bond donors (Lipinski definition) is 1. The summed E-state index contributed by atoms with van der Waals surface area (Å²) in [5.41, 5.74) is -0.205. The van der Waals surface area contributed by atoms with Gasteiger partial charge in [-0.15, -0.1) is 0 Å². The summed E-state index contributed by atoms with van der Waals surface area (Å²) >= 11 is 0. The molecule has 1 amide bonds. The van der Waals surface area contributed by atoms with Crippen LogP contribution in [0.5, 0.6) is 0 Å². The van der Waals surface area contributed by atoms with E-state index in [9.17, 15) is 22.0 Å². The van der Waals surface area contributed by atoms with Gasteiger partial charge in [0.1, 0.15) is 11.6 Å². The maximum absolute atomic E-state index is 13.2. The average Bonchev–Trinajstić information content (AvgIpc) is 2.20. The van der Waals surface area contributed by atoms with Crippen LogP contribution in [0.25, 0.3) is 0 Å². The average molecular weight is 278 g/mol. The third-order valence-electron chi connectivity index (χ3n) is 2.14. The number of nitrogens with zero attached hydrogens (tertiary/aromatic N) is 1. The molecule has 18 heavy (non-hydrogen) atoms. The van der Waals surface area contributed by atoms with Crippen LogP contribution in [0.3, 0.4) is 0 Å². The number of nitrogens with one attached hydrogen (secondary N) is 1. The number of benzene rings is 1. The Labute approximate surface area is 103 Å². The molecule has 0 unspecified atom stereocenters. The summed E-state index contributed by atoms with van der Waals surface area (Å²) in [6, 6.07) is 2.66. The number of anilines is 1. The largest absolute Gasteiger partial charge is 0.322 e. The van der Waals surface area contributed by atoms with Gasteiger partial charge in [-0.25, -0.2) is 17.2 Å². The van der Waals surface area contributed by atoms with Crippen molar-refractivity contribution in [1.29, 1.82) is 0 Å². The Morgan fingerprint density at radius 2 is 2.00 bits per heavy atom. The number of carbonyl (C=O) groups excluding carboxylic acids is 1. The van der Waals surface area contributed by atoms with Gasteiger partial charge >= 0.3 is 0 Å². The Kier molecular flexibility index (Phi) is 4.36. The van der Waals surface area contributed by atoms with Crippen molar-refractivity contribution in [3.8, 4) is 0 Å². The molecule has 0 aliphatic heterocycles. The lowest BCUT2D eigenvalue weighted by molar-refractivity contribution is -0.116. The Hall–Kier alpha value is -1.54. The van der Waals surface area contributed by atoms with Gasteiger partial charge in [-0.2, -0.15) is 4.31 Å². The van der Waals surface area contributed by atoms with Gasteiger partial charge in [0, 0.05) is 13.1 Å². The molecule has 0 bridgehead atoms. The van der Waals surface area contributed by atoms with Gasteiger partial charge < -0.3 is 5.32 Å². The van der Waals surface area contributed by atoms with Crippen molar-refractivity contribution in [3.05, 3.63) is 29.8 Å². The van der Waals surface area contributed by atoms with Gasteiger partial charge in [0.25, 0.3) is 0 Å². The molecule has 0 fully saturated rings. The minimum absolute atomic E-state index is 0.205. The van der Waals surface area contributed by atoms with E-state index in [0.717, 1.165) is 22.7 Å². The molecule has 1 N–H and O–H groups in total. The summed E-state index contributed by atoms with van der Waals surface area (Å²) in [5, 5.41) is 2.15. The molecule has 0 spiro atoms. The Morgan fingerprint density at radius 3 is 2.50 bits per heavy atom. The highest BCUT2D eigenvalue weighted by atomic mass is 32.2. The van der Waals surface area contributed by atoms with Gasteiger partial charge in [0.15, 0.2) is 0 Å². The summed E-state index contributed by atoms with van der Waals surface area (Å²) in [6.45, 7) is -0.449. The standard InChI is InChI=1S/C10H12F2N2O3S/c1-14(18(2,16)17)6-10(15)13-9-4-3-7(11)5-8(9)12/h3-5H,6H2,1-2H3,(H,13,15). The molecular formula is C10H12F2N2O3S. The Morgan fingerprint density at radius 1 is 1.39 bits per heavy atom. The molecule has 0 heterocycles. The fraction of sp³-hybridized carbons (Fsp3) is 0.300. The maximum Gasteiger partial charge on any atom is 0.239 e. The van der Waals surface area contributed by atoms with Crippen LogP contribution in [0.15, 0.2) is 18.2 Å². The van der Waals surface area contributed by atoms with Crippen molar-refractivity contribution in [1.82, 2.24) is 4.31 Å². The molecule has 1 aromatic rings. The Balaban J connectivity index is 2.71. The van der Waals surface area contributed by atoms with E-state index in [1.54, 1.807) is 0 Å². The van der Waals surface area contributed by atoms with E-state index in [1.165, 1.54) is 7.05 Å². The van der Waals surface area contributed by atoms with E-state index in [-0.39, 0.29) is 5.69 Å². The van der Waals surface area contributed by atoms with Crippen LogP contribution in [0.4, 0.5) is 14.5 Å². The van der Waals surface area contributed by atoms with Crippen LogP contribution in [0.1, 0.15) is 0 Å². The molecule has 100 valence electrons. The van der Waals surface area contributed by atoms with Gasteiger partial charge in [-0.1, -0.05) is 0 Å². The van der Waals surface area contributed by atoms with E-state index in [0.29, 0.717) is 6.07 Å². The van der Waals surface area contributed by atoms with Crippen LogP contribution in [0.2, 0.25) is 0 Å². The van der Waals surface area contributed by atoms with Crippen LogP contribution in [-0.4, -0.2) is 38.5 Å². The van der Waals surface area contributed by atoms with Crippen molar-refractivity contribution < 1.29 is 22.0 Å². The summed E-state index contributed by atoms with van der Waals surface area (Å²) in [6.07, 6.45) is 0.943. The van der Waals surface area contributed by atoms with Crippen LogP contribution in [-0.2, 0) is 14.8 Å². The molecule has 0 radical (unpaired) electrons. The van der Waals surface area contributed by atoms with Crippen molar-refractivity contribution in [2.75, 3.05) is 25.2 Å². The molecule has 0 aliphatic carbocycles. The lowest BCUT2D eigenvalue weighted by Gasteiger charge is -2.13. The lowest BCUT2D eigenvalue weighted by atomic mass is 10.3. The summed E-state index contributed by atoms with van der Waals surface area (Å²) in [4.78, 5) is 11.4. The number of likely N-dealkylation sites (N-methyl/N-ethyl adjacent to an activating group) is 1. The van der Waals surface area contributed by atoms with Crippen molar-refractivity contribution in [3.63, 3.8) is 0 Å². The third-order valence-corrected chi connectivity index (χ3v) is 3.40. The monoisotopic (exact) mass is 278 g/mol. The number of amides is 1. The highest BCUT2D eigenvalue weighted by molar-refractivity contribution is 7.88. The van der Waals surface area contributed by atoms with Crippen LogP contribution in [0, 0.1) is 11.6 Å². The third kappa shape index (κ3) is 4.04. The van der Waals surface area contributed by atoms with Gasteiger partial charge in [0.2, 0.25) is 15.9 Å². The minimum atomic E-state index is -3.49. The minimum Gasteiger partial charge on any atom is -0.322 e. The molecule has 8 heteroatoms. The zero-order valence-corrected chi connectivity index (χ0v) is 10.6. The van der Waals surface area contributed by atoms with Gasteiger partial charge in [0.05, 0.1) is 18.5 Å². The molecule has 1 rings (SSSR count). The second kappa shape index (κ2) is 5.40. The number of rotatable bonds is 4. The molecule has 1 aromatic carbocycles. The predicted molar refractivity (Wildman–Crippen MR) is 62.5 cm³/mol. The lowest BCUT2D eigenvalue weighted by Crippen LogP contribution is -2.34. The molecule has 5 nitrogen and oxygen atoms in total. The first-order valence-electron chi connectivity index (χ1n) is 4.86. The fourth-order valence-electron chi connectivity index (χ4n) is 1.10. The summed E-state index contributed by atoms with van der Waals surface area (Å²) in [5.74, 6) is -2.41. The van der Waals surface area contributed by atoms with Crippen LogP contribution >= 0.6 is 0 Å². The van der Waals surface area contributed by atoms with E-state index >= 15 is 0 Å². The molecule has 0 saturated heterocycles. The number of hydrogen-bond acceptors (Lipinski definition) is 3. The quantitative estimate of drug-likeness (QED) is 0.885. The number of sulfonamides is 1. The molecule has 0 atom stereocenters. The predicted octanol–water partition coefficient (Wildman–Crippen LogP) is 0.795. The first-order chi connectivity index (χ1) is 8.20. The molecule has 0 aromatic heterocycles. The van der Waals surface area contributed by atoms with E-state index in [4.69, 9.17) is 0 Å². The van der Waals surface area contributed by atoms with E-state index in [1.807, 2.05) is 0 Å². The second-order valence-corrected chi connectivity index (χ2v) is 5.78. The first kappa shape index (κ1) is 14.5. The van der Waals surface area contributed by atoms with Crippen LogP contribution < -0.4 is 5.32 Å². The maximum atomic E-state index is 13.2.